The summed E-state index contributed by atoms with van der Waals surface area (Å²) in [6.45, 7) is -0.298. The summed E-state index contributed by atoms with van der Waals surface area (Å²) in [7, 11) is 1.49. The van der Waals surface area contributed by atoms with Gasteiger partial charge < -0.3 is 19.6 Å². The fourth-order valence-electron chi connectivity index (χ4n) is 2.37. The molecule has 9 heteroatoms. The molecule has 0 atom stereocenters. The lowest BCUT2D eigenvalue weighted by atomic mass is 10.1. The molecule has 8 nitrogen and oxygen atoms in total. The highest BCUT2D eigenvalue weighted by atomic mass is 35.5. The quantitative estimate of drug-likeness (QED) is 0.614. The Morgan fingerprint density at radius 2 is 1.96 bits per heavy atom. The molecule has 2 amide bonds. The number of fused-ring (bicyclic) bond motifs is 1. The number of hydrogen-bond acceptors (Lipinski definition) is 6. The molecule has 0 bridgehead atoms. The number of hydrogen-bond donors (Lipinski definition) is 2. The average Bonchev–Trinajstić information content (AvgIpc) is 2.70. The average molecular weight is 402 g/mol. The van der Waals surface area contributed by atoms with Gasteiger partial charge in [0.15, 0.2) is 17.9 Å². The summed E-state index contributed by atoms with van der Waals surface area (Å²) in [5.41, 5.74) is 7.89. The molecule has 0 unspecified atom stereocenters. The summed E-state index contributed by atoms with van der Waals surface area (Å²) in [4.78, 5) is 23.7. The number of amides is 2. The second-order valence-electron chi connectivity index (χ2n) is 5.60. The smallest absolute Gasteiger partial charge is 0.278 e. The number of nitrogens with one attached hydrogen (secondary N) is 1. The first-order valence-electron chi connectivity index (χ1n) is 8.09. The van der Waals surface area contributed by atoms with Crippen molar-refractivity contribution in [3.8, 4) is 11.5 Å². The van der Waals surface area contributed by atoms with Gasteiger partial charge in [0, 0.05) is 10.4 Å². The van der Waals surface area contributed by atoms with E-state index in [-0.39, 0.29) is 17.7 Å². The second-order valence-corrected chi connectivity index (χ2v) is 6.03. The minimum atomic E-state index is -0.751. The van der Waals surface area contributed by atoms with E-state index in [1.165, 1.54) is 13.2 Å². The molecule has 1 heterocycles. The Morgan fingerprint density at radius 1 is 1.21 bits per heavy atom. The lowest BCUT2D eigenvalue weighted by Crippen LogP contribution is -2.29. The van der Waals surface area contributed by atoms with E-state index in [1.807, 2.05) is 0 Å². The first-order chi connectivity index (χ1) is 13.5. The fourth-order valence-corrected chi connectivity index (χ4v) is 2.50. The zero-order chi connectivity index (χ0) is 20.1. The Morgan fingerprint density at radius 3 is 2.64 bits per heavy atom. The summed E-state index contributed by atoms with van der Waals surface area (Å²) in [5.74, 6) is -0.389. The van der Waals surface area contributed by atoms with Crippen LogP contribution in [0, 0.1) is 0 Å². The van der Waals surface area contributed by atoms with Crippen molar-refractivity contribution < 1.29 is 23.5 Å². The Kier molecular flexibility index (Phi) is 5.81. The van der Waals surface area contributed by atoms with Gasteiger partial charge in [-0.15, -0.1) is 5.10 Å². The van der Waals surface area contributed by atoms with Gasteiger partial charge >= 0.3 is 0 Å². The lowest BCUT2D eigenvalue weighted by molar-refractivity contribution is -0.123. The van der Waals surface area contributed by atoms with Gasteiger partial charge in [-0.05, 0) is 36.4 Å². The van der Waals surface area contributed by atoms with Crippen molar-refractivity contribution in [2.75, 3.05) is 13.7 Å². The minimum Gasteiger partial charge on any atom is -0.493 e. The van der Waals surface area contributed by atoms with Gasteiger partial charge in [0.2, 0.25) is 5.55 Å². The predicted molar refractivity (Wildman–Crippen MR) is 102 cm³/mol. The largest absolute Gasteiger partial charge is 0.493 e. The van der Waals surface area contributed by atoms with Gasteiger partial charge in [0.25, 0.3) is 11.8 Å². The van der Waals surface area contributed by atoms with Crippen LogP contribution in [-0.4, -0.2) is 25.5 Å². The van der Waals surface area contributed by atoms with Crippen LogP contribution < -0.4 is 26.2 Å². The SMILES string of the molecule is COc1cccc2cc(C(N)=O)/c(=N\NC(=O)COc3ccc(Cl)cc3)oc12. The standard InChI is InChI=1S/C19H16ClN3O5/c1-26-15-4-2-3-11-9-14(18(21)25)19(28-17(11)15)23-22-16(24)10-27-13-7-5-12(20)6-8-13/h2-9H,10H2,1H3,(H2,21,25)(H,22,24)/b23-19+. The van der Waals surface area contributed by atoms with Crippen molar-refractivity contribution in [1.82, 2.24) is 5.43 Å². The Labute approximate surface area is 164 Å². The van der Waals surface area contributed by atoms with Gasteiger partial charge in [-0.1, -0.05) is 23.7 Å². The Bertz CT molecular complexity index is 1090. The maximum absolute atomic E-state index is 12.0. The number of nitrogens with zero attached hydrogens (tertiary/aromatic N) is 1. The Hall–Kier alpha value is -3.52. The molecule has 28 heavy (non-hydrogen) atoms. The molecule has 2 aromatic carbocycles. The van der Waals surface area contributed by atoms with Crippen molar-refractivity contribution in [2.24, 2.45) is 10.8 Å². The summed E-state index contributed by atoms with van der Waals surface area (Å²) >= 11 is 5.79. The van der Waals surface area contributed by atoms with Gasteiger partial charge in [-0.2, -0.15) is 0 Å². The maximum atomic E-state index is 12.0. The third-order valence-corrected chi connectivity index (χ3v) is 3.94. The molecular formula is C19H16ClN3O5. The molecule has 3 N–H and O–H groups in total. The number of nitrogens with two attached hydrogens (primary N) is 1. The van der Waals surface area contributed by atoms with E-state index < -0.39 is 11.8 Å². The van der Waals surface area contributed by atoms with E-state index in [4.69, 9.17) is 31.2 Å². The van der Waals surface area contributed by atoms with E-state index in [2.05, 4.69) is 10.5 Å². The second kappa shape index (κ2) is 8.45. The van der Waals surface area contributed by atoms with Gasteiger partial charge in [0.05, 0.1) is 7.11 Å². The highest BCUT2D eigenvalue weighted by Gasteiger charge is 2.12. The van der Waals surface area contributed by atoms with Gasteiger partial charge in [-0.3, -0.25) is 9.59 Å². The van der Waals surface area contributed by atoms with Crippen LogP contribution in [-0.2, 0) is 4.79 Å². The minimum absolute atomic E-state index is 0.0136. The normalized spacial score (nSPS) is 11.3. The summed E-state index contributed by atoms with van der Waals surface area (Å²) < 4.78 is 16.2. The molecule has 3 aromatic rings. The molecule has 0 aliphatic rings. The van der Waals surface area contributed by atoms with E-state index in [0.29, 0.717) is 27.5 Å². The molecule has 0 saturated carbocycles. The van der Waals surface area contributed by atoms with Crippen LogP contribution in [0.15, 0.2) is 58.0 Å². The number of methoxy groups -OCH3 is 1. The fraction of sp³-hybridized carbons (Fsp3) is 0.105. The van der Waals surface area contributed by atoms with Crippen molar-refractivity contribution in [3.05, 3.63) is 64.7 Å². The maximum Gasteiger partial charge on any atom is 0.278 e. The number of benzene rings is 2. The first kappa shape index (κ1) is 19.2. The van der Waals surface area contributed by atoms with E-state index >= 15 is 0 Å². The van der Waals surface area contributed by atoms with Crippen LogP contribution in [0.2, 0.25) is 5.02 Å². The van der Waals surface area contributed by atoms with Crippen LogP contribution >= 0.6 is 11.6 Å². The molecule has 0 spiro atoms. The molecule has 0 radical (unpaired) electrons. The number of para-hydroxylation sites is 1. The Balaban J connectivity index is 1.83. The van der Waals surface area contributed by atoms with Crippen LogP contribution in [0.1, 0.15) is 10.4 Å². The van der Waals surface area contributed by atoms with Crippen molar-refractivity contribution in [2.45, 2.75) is 0 Å². The molecule has 144 valence electrons. The van der Waals surface area contributed by atoms with E-state index in [0.717, 1.165) is 0 Å². The molecular weight excluding hydrogens is 386 g/mol. The molecule has 1 aromatic heterocycles. The third kappa shape index (κ3) is 4.41. The lowest BCUT2D eigenvalue weighted by Gasteiger charge is -2.07. The predicted octanol–water partition coefficient (Wildman–Crippen LogP) is 2.20. The molecule has 0 saturated heterocycles. The zero-order valence-corrected chi connectivity index (χ0v) is 15.5. The van der Waals surface area contributed by atoms with Crippen molar-refractivity contribution in [3.63, 3.8) is 0 Å². The van der Waals surface area contributed by atoms with E-state index in [1.54, 1.807) is 42.5 Å². The number of carbonyl (C=O) groups excluding carboxylic acids is 2. The highest BCUT2D eigenvalue weighted by molar-refractivity contribution is 6.30. The first-order valence-corrected chi connectivity index (χ1v) is 8.47. The molecule has 0 aliphatic carbocycles. The van der Waals surface area contributed by atoms with Crippen molar-refractivity contribution in [1.29, 1.82) is 0 Å². The molecule has 0 fully saturated rings. The van der Waals surface area contributed by atoms with Crippen LogP contribution in [0.4, 0.5) is 0 Å². The number of rotatable bonds is 6. The monoisotopic (exact) mass is 401 g/mol. The molecule has 3 rings (SSSR count). The van der Waals surface area contributed by atoms with Crippen LogP contribution in [0.5, 0.6) is 11.5 Å². The third-order valence-electron chi connectivity index (χ3n) is 3.69. The number of halogens is 1. The molecule has 0 aliphatic heterocycles. The van der Waals surface area contributed by atoms with E-state index in [9.17, 15) is 9.59 Å². The highest BCUT2D eigenvalue weighted by Crippen LogP contribution is 2.24. The summed E-state index contributed by atoms with van der Waals surface area (Å²) in [6.07, 6.45) is 0. The van der Waals surface area contributed by atoms with Gasteiger partial charge in [-0.25, -0.2) is 5.43 Å². The summed E-state index contributed by atoms with van der Waals surface area (Å²) in [6, 6.07) is 13.2. The van der Waals surface area contributed by atoms with Crippen molar-refractivity contribution >= 4 is 34.4 Å². The topological polar surface area (TPSA) is 116 Å². The number of ether oxygens (including phenoxy) is 2. The zero-order valence-electron chi connectivity index (χ0n) is 14.8. The van der Waals surface area contributed by atoms with Crippen LogP contribution in [0.3, 0.4) is 0 Å². The van der Waals surface area contributed by atoms with Gasteiger partial charge in [0.1, 0.15) is 11.3 Å². The number of carbonyl (C=O) groups is 2. The summed E-state index contributed by atoms with van der Waals surface area (Å²) in [5, 5.41) is 5.01. The number of primary amides is 1. The van der Waals surface area contributed by atoms with Crippen LogP contribution in [0.25, 0.3) is 11.0 Å².